The van der Waals surface area contributed by atoms with Crippen molar-refractivity contribution in [2.24, 2.45) is 0 Å². The van der Waals surface area contributed by atoms with Crippen molar-refractivity contribution in [1.82, 2.24) is 49.3 Å². The number of nitrogens with two attached hydrogens (primary N) is 1. The fourth-order valence-electron chi connectivity index (χ4n) is 7.73. The number of aromatic amines is 1. The predicted molar refractivity (Wildman–Crippen MR) is 253 cm³/mol. The molecule has 4 amide bonds. The van der Waals surface area contributed by atoms with E-state index in [4.69, 9.17) is 52.2 Å². The number of nitrogen functional groups attached to an aromatic ring is 1. The summed E-state index contributed by atoms with van der Waals surface area (Å²) in [4.78, 5) is 95.4. The minimum atomic E-state index is -5.02. The van der Waals surface area contributed by atoms with Crippen LogP contribution >= 0.6 is 39.5 Å². The number of nitrogens with one attached hydrogen (secondary N) is 3. The molecule has 4 aromatic rings. The van der Waals surface area contributed by atoms with E-state index in [1.807, 2.05) is 0 Å². The number of aliphatic hydroxyl groups is 1. The molecule has 0 spiro atoms. The van der Waals surface area contributed by atoms with Crippen LogP contribution < -0.4 is 21.9 Å². The maximum atomic E-state index is 13.7. The van der Waals surface area contributed by atoms with E-state index in [9.17, 15) is 43.1 Å². The van der Waals surface area contributed by atoms with Gasteiger partial charge in [-0.1, -0.05) is 12.2 Å². The van der Waals surface area contributed by atoms with Crippen molar-refractivity contribution >= 4 is 97.2 Å². The molecule has 0 aromatic carbocycles. The van der Waals surface area contributed by atoms with Gasteiger partial charge in [-0.15, -0.1) is 0 Å². The van der Waals surface area contributed by atoms with Crippen molar-refractivity contribution in [2.45, 2.75) is 61.1 Å². The van der Waals surface area contributed by atoms with E-state index in [0.29, 0.717) is 19.8 Å². The second-order valence-electron chi connectivity index (χ2n) is 16.1. The monoisotopic (exact) mass is 1100 g/mol. The van der Waals surface area contributed by atoms with Gasteiger partial charge in [-0.05, 0) is 0 Å². The molecule has 73 heavy (non-hydrogen) atoms. The molecular formula is C38H50N12O19P2S2. The first kappa shape index (κ1) is 54.5. The number of imide groups is 1. The van der Waals surface area contributed by atoms with Gasteiger partial charge < -0.3 is 54.8 Å². The molecule has 0 aliphatic carbocycles. The third kappa shape index (κ3) is 13.5. The molecule has 398 valence electrons. The van der Waals surface area contributed by atoms with Gasteiger partial charge in [0, 0.05) is 31.7 Å². The van der Waals surface area contributed by atoms with Crippen LogP contribution in [0.5, 0.6) is 0 Å². The van der Waals surface area contributed by atoms with Crippen molar-refractivity contribution in [3.05, 3.63) is 41.5 Å². The Kier molecular flexibility index (Phi) is 18.1. The Morgan fingerprint density at radius 2 is 1.41 bits per heavy atom. The summed E-state index contributed by atoms with van der Waals surface area (Å²) in [6.45, 7) is -3.58. The van der Waals surface area contributed by atoms with Crippen LogP contribution in [0.15, 0.2) is 35.9 Å². The number of anilines is 2. The summed E-state index contributed by atoms with van der Waals surface area (Å²) < 4.78 is 86.0. The lowest BCUT2D eigenvalue weighted by molar-refractivity contribution is -0.137. The summed E-state index contributed by atoms with van der Waals surface area (Å²) in [6.07, 6.45) is -3.92. The van der Waals surface area contributed by atoms with Gasteiger partial charge in [0.05, 0.1) is 90.4 Å². The molecular weight excluding hydrogens is 1050 g/mol. The number of ether oxygens (including phenoxy) is 6. The number of aromatic nitrogens is 8. The smallest absolute Gasteiger partial charge is 0.386 e. The summed E-state index contributed by atoms with van der Waals surface area (Å²) in [5, 5.41) is 15.6. The Labute approximate surface area is 422 Å². The zero-order valence-electron chi connectivity index (χ0n) is 38.2. The molecule has 31 nitrogen and oxygen atoms in total. The summed E-state index contributed by atoms with van der Waals surface area (Å²) in [7, 11) is -5.02. The number of imidazole rings is 2. The van der Waals surface area contributed by atoms with Gasteiger partial charge in [-0.2, -0.15) is 17.6 Å². The van der Waals surface area contributed by atoms with Crippen LogP contribution in [-0.2, 0) is 74.8 Å². The molecule has 4 aromatic heterocycles. The lowest BCUT2D eigenvalue weighted by Gasteiger charge is -2.28. The van der Waals surface area contributed by atoms with Crippen LogP contribution in [0.2, 0.25) is 0 Å². The van der Waals surface area contributed by atoms with Crippen molar-refractivity contribution in [1.29, 1.82) is 0 Å². The molecule has 0 radical (unpaired) electrons. The van der Waals surface area contributed by atoms with Crippen LogP contribution in [0.1, 0.15) is 25.3 Å². The highest BCUT2D eigenvalue weighted by Crippen LogP contribution is 2.58. The van der Waals surface area contributed by atoms with Gasteiger partial charge in [0.15, 0.2) is 40.6 Å². The molecule has 35 heteroatoms. The molecule has 3 fully saturated rings. The van der Waals surface area contributed by atoms with Gasteiger partial charge in [-0.3, -0.25) is 61.1 Å². The Balaban J connectivity index is 0.752. The molecule has 4 aliphatic heterocycles. The average molecular weight is 1100 g/mol. The SMILES string of the molecule is Nc1nc2c(ncn2[C@@H]2O[C@@H]3COP(=O)(O)OC4C(S)[C@H](n5cnc6c(NC(=O)CCOCCOCCOCCOCCNC(=O)CCN7C(=O)C=CC7=O)ncnc65)O[C@@H]4COP(=O)(S)OC3C2O)c(=O)[nH]1. The van der Waals surface area contributed by atoms with E-state index < -0.39 is 99.3 Å². The molecule has 0 saturated carbocycles. The Morgan fingerprint density at radius 1 is 0.795 bits per heavy atom. The first-order valence-corrected chi connectivity index (χ1v) is 27.0. The van der Waals surface area contributed by atoms with Crippen LogP contribution in [0.3, 0.4) is 0 Å². The van der Waals surface area contributed by atoms with E-state index in [2.05, 4.69) is 65.4 Å². The van der Waals surface area contributed by atoms with E-state index in [0.717, 1.165) is 23.4 Å². The number of nitrogens with zero attached hydrogens (tertiary/aromatic N) is 8. The quantitative estimate of drug-likeness (QED) is 0.0210. The minimum absolute atomic E-state index is 0.00334. The third-order valence-electron chi connectivity index (χ3n) is 11.2. The molecule has 6 unspecified atom stereocenters. The van der Waals surface area contributed by atoms with Crippen LogP contribution in [0, 0.1) is 0 Å². The van der Waals surface area contributed by atoms with E-state index in [-0.39, 0.29) is 99.0 Å². The largest absolute Gasteiger partial charge is 0.472 e. The van der Waals surface area contributed by atoms with E-state index in [1.54, 1.807) is 0 Å². The molecule has 10 atom stereocenters. The highest BCUT2D eigenvalue weighted by atomic mass is 32.7. The number of phosphoric ester groups is 1. The van der Waals surface area contributed by atoms with Crippen LogP contribution in [-0.4, -0.2) is 192 Å². The molecule has 4 aliphatic rings. The van der Waals surface area contributed by atoms with Crippen LogP contribution in [0.4, 0.5) is 11.8 Å². The summed E-state index contributed by atoms with van der Waals surface area (Å²) >= 11 is 8.78. The summed E-state index contributed by atoms with van der Waals surface area (Å²) in [5.41, 5.74) is 5.15. The van der Waals surface area contributed by atoms with Crippen LogP contribution in [0.25, 0.3) is 22.3 Å². The topological polar surface area (TPSA) is 396 Å². The van der Waals surface area contributed by atoms with Gasteiger partial charge in [0.25, 0.3) is 17.4 Å². The average Bonchev–Trinajstić information content (AvgIpc) is 4.16. The predicted octanol–water partition coefficient (Wildman–Crippen LogP) is -1.22. The lowest BCUT2D eigenvalue weighted by Crippen LogP contribution is -2.38. The van der Waals surface area contributed by atoms with Gasteiger partial charge in [-0.25, -0.2) is 29.1 Å². The fourth-order valence-corrected chi connectivity index (χ4v) is 10.8. The highest BCUT2D eigenvalue weighted by molar-refractivity contribution is 8.44. The van der Waals surface area contributed by atoms with Crippen molar-refractivity contribution in [3.8, 4) is 0 Å². The molecule has 0 bridgehead atoms. The maximum absolute atomic E-state index is 13.7. The van der Waals surface area contributed by atoms with Crippen molar-refractivity contribution in [2.75, 3.05) is 90.2 Å². The number of phosphoric acid groups is 1. The number of rotatable bonds is 21. The first-order chi connectivity index (χ1) is 35.0. The van der Waals surface area contributed by atoms with Gasteiger partial charge >= 0.3 is 14.6 Å². The fraction of sp³-hybridized carbons (Fsp3) is 0.579. The Bertz CT molecular complexity index is 2820. The number of fused-ring (bicyclic) bond motifs is 4. The molecule has 8 heterocycles. The standard InChI is InChI=1S/C38H50N12O19P2S2/c39-38-46-34-27(35(56)47-38)44-19-50(34)36-28(55)29-20(66-36)15-64-70(57,58)68-30-21(16-65-71(59,73)69-29)67-37(31(30)72)49-18-43-26-32(41-17-42-33(26)49)45-23(52)4-7-60-9-11-62-13-14-63-12-10-61-8-5-40-22(51)3-6-48-24(53)1-2-25(48)54/h1-2,17-21,28-31,36-37,55,72H,3-16H2,(H,40,51)(H,57,58)(H,59,73)(H3,39,46,47,56)(H,41,42,45,52)/t20-,21-,28?,29?,30?,31?,36-,37-,71?/m1/s1. The van der Waals surface area contributed by atoms with Crippen molar-refractivity contribution < 1.29 is 84.8 Å². The van der Waals surface area contributed by atoms with E-state index >= 15 is 0 Å². The van der Waals surface area contributed by atoms with E-state index in [1.165, 1.54) is 21.8 Å². The number of carbonyl (C=O) groups excluding carboxylic acids is 4. The number of carbonyl (C=O) groups is 4. The lowest BCUT2D eigenvalue weighted by atomic mass is 10.1. The molecule has 8 rings (SSSR count). The highest BCUT2D eigenvalue weighted by Gasteiger charge is 2.53. The zero-order chi connectivity index (χ0) is 51.9. The van der Waals surface area contributed by atoms with Gasteiger partial charge in [0.1, 0.15) is 36.8 Å². The van der Waals surface area contributed by atoms with Crippen molar-refractivity contribution in [3.63, 3.8) is 0 Å². The number of hydrogen-bond donors (Lipinski definition) is 8. The number of H-pyrrole nitrogens is 1. The third-order valence-corrected chi connectivity index (χ3v) is 14.3. The number of thiol groups is 2. The maximum Gasteiger partial charge on any atom is 0.472 e. The van der Waals surface area contributed by atoms with Gasteiger partial charge in [0.2, 0.25) is 17.8 Å². The Hall–Kier alpha value is -4.80. The minimum Gasteiger partial charge on any atom is -0.386 e. The summed E-state index contributed by atoms with van der Waals surface area (Å²) in [5.74, 6) is -1.83. The number of amides is 4. The zero-order valence-corrected chi connectivity index (χ0v) is 41.8. The second-order valence-corrected chi connectivity index (χ2v) is 21.0. The number of hydrogen-bond acceptors (Lipinski definition) is 25. The molecule has 7 N–H and O–H groups in total. The normalized spacial score (nSPS) is 28.6. The first-order valence-electron chi connectivity index (χ1n) is 22.3. The molecule has 3 saturated heterocycles. The Morgan fingerprint density at radius 3 is 2.12 bits per heavy atom. The number of aliphatic hydroxyl groups excluding tert-OH is 1. The second kappa shape index (κ2) is 24.3. The summed E-state index contributed by atoms with van der Waals surface area (Å²) in [6, 6.07) is 0.